The van der Waals surface area contributed by atoms with Crippen molar-refractivity contribution in [2.75, 3.05) is 72.1 Å². The molecule has 10 saturated heterocycles. The number of alkyl carbamates (subject to hydrolysis) is 2. The van der Waals surface area contributed by atoms with E-state index < -0.39 is 55.4 Å². The number of benzene rings is 3. The minimum atomic E-state index is -1.09. The van der Waals surface area contributed by atoms with Gasteiger partial charge in [0.05, 0.1) is 6.10 Å². The van der Waals surface area contributed by atoms with Crippen LogP contribution in [0.25, 0.3) is 0 Å². The molecule has 10 aliphatic heterocycles. The second-order valence-corrected chi connectivity index (χ2v) is 432. The number of hydrogen-bond acceptors (Lipinski definition) is 15. The van der Waals surface area contributed by atoms with Crippen molar-refractivity contribution in [3.63, 3.8) is 0 Å². The van der Waals surface area contributed by atoms with Crippen molar-refractivity contribution in [3.05, 3.63) is 108 Å². The van der Waals surface area contributed by atoms with Gasteiger partial charge in [-0.15, -0.1) is 0 Å². The molecule has 0 aromatic heterocycles. The number of carboxylic acid groups (broad SMARTS) is 1. The van der Waals surface area contributed by atoms with Crippen molar-refractivity contribution in [1.29, 1.82) is 0 Å². The Morgan fingerprint density at radius 2 is 0.889 bits per heavy atom. The van der Waals surface area contributed by atoms with Crippen LogP contribution in [0.1, 0.15) is 110 Å². The van der Waals surface area contributed by atoms with Gasteiger partial charge < -0.3 is 55.2 Å². The number of aliphatic hydroxyl groups is 1. The van der Waals surface area contributed by atoms with Crippen LogP contribution >= 0.6 is 249 Å². The summed E-state index contributed by atoms with van der Waals surface area (Å²) in [5, 5.41) is 23.5. The Morgan fingerprint density at radius 3 is 1.20 bits per heavy atom. The number of nitrogens with one attached hydrogen (secondary N) is 2. The van der Waals surface area contributed by atoms with E-state index in [1.807, 2.05) is 91.0 Å². The molecule has 6 bridgehead atoms. The fraction of sp³-hybridized carbons (Fsp3) is 0.629. The van der Waals surface area contributed by atoms with Gasteiger partial charge in [-0.3, -0.25) is 14.6 Å². The molecular formula is C62H92I19N6O12-. The Hall–Kier alpha value is 8.24. The number of amides is 2. The van der Waals surface area contributed by atoms with Crippen LogP contribution in [0.2, 0.25) is 0 Å². The quantitative estimate of drug-likeness (QED) is 0.0379. The Bertz CT molecular complexity index is 2830. The summed E-state index contributed by atoms with van der Waals surface area (Å²) >= 11 is 30.9. The minimum Gasteiger partial charge on any atom is -0.460 e. The van der Waals surface area contributed by atoms with Crippen LogP contribution in [0.4, 0.5) is 9.59 Å². The van der Waals surface area contributed by atoms with E-state index in [0.717, 1.165) is 101 Å². The maximum absolute atomic E-state index is 12.9. The van der Waals surface area contributed by atoms with Crippen LogP contribution < -0.4 is 29.6 Å². The molecule has 0 aliphatic carbocycles. The van der Waals surface area contributed by atoms with Gasteiger partial charge in [0.1, 0.15) is 41.5 Å². The largest absolute Gasteiger partial charge is 0.460 e. The smallest absolute Gasteiger partial charge is 0.323 e. The van der Waals surface area contributed by atoms with Gasteiger partial charge in [0, 0.05) is 45.7 Å². The Balaban J connectivity index is 0.000000225. The molecule has 576 valence electrons. The molecule has 18 nitrogen and oxygen atoms in total. The molecule has 2 amide bonds. The van der Waals surface area contributed by atoms with E-state index in [-0.39, 0.29) is 91.9 Å². The normalized spacial score (nSPS) is 24.5. The topological polar surface area (TPSA) is 232 Å². The molecule has 10 fully saturated rings. The van der Waals surface area contributed by atoms with Crippen LogP contribution in [0.3, 0.4) is 0 Å². The number of nitrogens with zero attached hydrogens (tertiary/aromatic N) is 3. The summed E-state index contributed by atoms with van der Waals surface area (Å²) in [5.41, 5.74) is 7.58. The number of rotatable bonds is 21. The zero-order valence-electron chi connectivity index (χ0n) is 55.5. The molecule has 0 unspecified atom stereocenters. The SMILES string of the molecule is C1CCOC1.CC(C)(C)OC(=O)N[C@@H](Cc1ccccc1)C(=O)O.CC(C)(C)OC(=O)N[C@@H](Cc1ccccc1)C(=O)O[C@H]1CN2CCC1CC2.I[I-]I(I)I(I)I(I)I(I)I(I)I(I)I(I)I(I)I.N[C@@H](Cc1ccccc1)C(=O)O[C@H]1CN2CCC1CC2.O[C@H]1CN2CCC1CC2. The maximum Gasteiger partial charge on any atom is 0.323 e. The molecule has 99 heavy (non-hydrogen) atoms. The molecule has 6 atom stereocenters. The molecule has 13 rings (SSSR count). The summed E-state index contributed by atoms with van der Waals surface area (Å²) in [7, 11) is -2.98. The molecule has 37 heteroatoms. The van der Waals surface area contributed by atoms with E-state index in [0.29, 0.717) is 43.9 Å². The van der Waals surface area contributed by atoms with E-state index in [4.69, 9.17) is 34.5 Å². The van der Waals surface area contributed by atoms with E-state index >= 15 is 0 Å². The number of ether oxygens (including phenoxy) is 5. The van der Waals surface area contributed by atoms with Crippen molar-refractivity contribution in [1.82, 2.24) is 25.3 Å². The van der Waals surface area contributed by atoms with Crippen LogP contribution in [0.5, 0.6) is 0 Å². The third kappa shape index (κ3) is 39.4. The number of piperidine rings is 9. The standard InChI is InChI=1S/C21H30N2O4.C16H22N2O2.C14H19NO4.C7H13NO.C4H8O.I19/c1-21(2,3)27-20(25)22-17(13-15-7-5-4-6-8-15)19(24)26-18-14-23-11-9-16(18)10-12-23;17-14(10-12-4-2-1-3-5-12)16(19)20-15-11-18-8-6-13(15)7-9-18;1-14(2,3)19-13(18)15-11(12(16)17)9-10-7-5-4-6-8-10;9-7-5-8-3-1-6(7)2-4-8;1-2-4-5-3-1;1-11-13(4)15(6)17(8)19(10)18(9)16(7)14(5)12(2)3/h4-8,16-18H,9-14H2,1-3H3,(H,22,25);1-5,13-15H,6-11,17H2;4-8,11H,9H2,1-3H3,(H,15,18)(H,16,17);6-7,9H,1-5H2;1-4H2;/q;;;;;-1/t17-,18-;14-,15-;11-;7-;;/m0000../s1. The third-order valence-electron chi connectivity index (χ3n) is 15.9. The number of nitrogens with two attached hydrogens (primary N) is 1. The zero-order valence-corrected chi connectivity index (χ0v) is 96.5. The van der Waals surface area contributed by atoms with Gasteiger partial charge in [0.25, 0.3) is 0 Å². The average molecular weight is 3520 g/mol. The summed E-state index contributed by atoms with van der Waals surface area (Å²) in [6.07, 6.45) is 9.20. The molecule has 0 saturated carbocycles. The van der Waals surface area contributed by atoms with Gasteiger partial charge in [0.2, 0.25) is 0 Å². The first-order chi connectivity index (χ1) is 46.8. The summed E-state index contributed by atoms with van der Waals surface area (Å²) in [6, 6.07) is 26.3. The molecule has 3 aromatic rings. The van der Waals surface area contributed by atoms with Crippen LogP contribution in [0.15, 0.2) is 91.0 Å². The summed E-state index contributed by atoms with van der Waals surface area (Å²) in [6.45, 7) is 22.1. The predicted octanol–water partition coefficient (Wildman–Crippen LogP) is 20.0. The fourth-order valence-corrected chi connectivity index (χ4v) is 2740. The van der Waals surface area contributed by atoms with E-state index in [2.05, 4.69) is 211 Å². The number of hydrogen-bond donors (Lipinski definition) is 5. The Labute approximate surface area is 721 Å². The summed E-state index contributed by atoms with van der Waals surface area (Å²) < 4.78 is 26.8. The molecule has 6 N–H and O–H groups in total. The molecule has 3 aromatic carbocycles. The Kier molecular flexibility index (Phi) is 52.2. The van der Waals surface area contributed by atoms with Gasteiger partial charge in [-0.25, -0.2) is 19.2 Å². The van der Waals surface area contributed by atoms with Gasteiger partial charge in [-0.05, 0) is 173 Å². The fourth-order valence-electron chi connectivity index (χ4n) is 11.1. The van der Waals surface area contributed by atoms with E-state index in [1.165, 1.54) is 38.8 Å². The zero-order chi connectivity index (χ0) is 73.0. The first kappa shape index (κ1) is 97.8. The number of esters is 2. The number of fused-ring (bicyclic) bond motifs is 9. The first-order valence-electron chi connectivity index (χ1n) is 31.7. The molecule has 10 heterocycles. The molecule has 10 aliphatic rings. The monoisotopic (exact) mass is 3520 g/mol. The van der Waals surface area contributed by atoms with Crippen LogP contribution in [0, 0.1) is 17.8 Å². The molecule has 0 spiro atoms. The molecule has 0 radical (unpaired) electrons. The molecular weight excluding hydrogens is 3430 g/mol. The first-order valence-corrected chi connectivity index (χ1v) is 145. The van der Waals surface area contributed by atoms with E-state index in [1.54, 1.807) is 41.5 Å². The summed E-state index contributed by atoms with van der Waals surface area (Å²) in [4.78, 5) is 67.0. The van der Waals surface area contributed by atoms with Gasteiger partial charge in [0.15, 0.2) is 0 Å². The number of carbonyl (C=O) groups excluding carboxylic acids is 4. The minimum absolute atomic E-state index is 0.00694. The second-order valence-electron chi connectivity index (χ2n) is 25.5. The van der Waals surface area contributed by atoms with Crippen molar-refractivity contribution < 1.29 is 71.1 Å². The predicted molar refractivity (Wildman–Crippen MR) is 558 cm³/mol. The van der Waals surface area contributed by atoms with Gasteiger partial charge in [-0.1, -0.05) is 91.0 Å². The van der Waals surface area contributed by atoms with Crippen molar-refractivity contribution in [2.24, 2.45) is 23.5 Å². The van der Waals surface area contributed by atoms with Gasteiger partial charge in [-0.2, -0.15) is 0 Å². The number of halogens is 19. The third-order valence-corrected chi connectivity index (χ3v) is 1260. The van der Waals surface area contributed by atoms with Crippen LogP contribution in [-0.4, -0.2) is 175 Å². The van der Waals surface area contributed by atoms with Crippen molar-refractivity contribution in [3.8, 4) is 0 Å². The average Bonchev–Trinajstić information content (AvgIpc) is 0.847. The van der Waals surface area contributed by atoms with Crippen molar-refractivity contribution in [2.45, 2.75) is 160 Å². The second kappa shape index (κ2) is 52.8. The number of aliphatic hydroxyl groups excluding tert-OH is 1. The van der Waals surface area contributed by atoms with E-state index in [9.17, 15) is 29.1 Å². The van der Waals surface area contributed by atoms with Crippen LogP contribution in [-0.2, 0) is 57.3 Å². The van der Waals surface area contributed by atoms with Gasteiger partial charge >= 0.3 is 293 Å². The Morgan fingerprint density at radius 1 is 0.535 bits per heavy atom. The number of aliphatic carboxylic acids is 1. The summed E-state index contributed by atoms with van der Waals surface area (Å²) in [5.74, 6) is -0.133. The number of carbonyl (C=O) groups is 5. The maximum atomic E-state index is 12.9. The number of carboxylic acids is 1. The van der Waals surface area contributed by atoms with Crippen molar-refractivity contribution >= 4 is 279 Å².